The second-order valence-electron chi connectivity index (χ2n) is 6.69. The van der Waals surface area contributed by atoms with E-state index in [2.05, 4.69) is 15.3 Å². The molecule has 0 fully saturated rings. The van der Waals surface area contributed by atoms with Gasteiger partial charge >= 0.3 is 0 Å². The summed E-state index contributed by atoms with van der Waals surface area (Å²) in [6, 6.07) is 12.3. The largest absolute Gasteiger partial charge is 0.451 e. The number of nitrogens with one attached hydrogen (secondary N) is 2. The van der Waals surface area contributed by atoms with E-state index in [1.807, 2.05) is 19.9 Å². The standard InChI is InChI=1S/C21H20N4O3/c1-4-25(3)21(27)19-11-14-9-15(6-8-18(14)28-19)24-20(26)13-5-7-16-17(10-13)23-12(2)22-16/h5-11H,4H2,1-3H3,(H,22,23)(H,24,26). The van der Waals surface area contributed by atoms with Gasteiger partial charge in [0.1, 0.15) is 11.4 Å². The van der Waals surface area contributed by atoms with Crippen LogP contribution in [0, 0.1) is 6.92 Å². The third-order valence-electron chi connectivity index (χ3n) is 4.67. The van der Waals surface area contributed by atoms with Crippen LogP contribution in [-0.2, 0) is 0 Å². The van der Waals surface area contributed by atoms with Crippen molar-refractivity contribution in [3.63, 3.8) is 0 Å². The molecule has 0 saturated carbocycles. The van der Waals surface area contributed by atoms with Gasteiger partial charge in [0.25, 0.3) is 11.8 Å². The van der Waals surface area contributed by atoms with Crippen molar-refractivity contribution in [2.75, 3.05) is 18.9 Å². The second kappa shape index (κ2) is 6.84. The predicted octanol–water partition coefficient (Wildman–Crippen LogP) is 3.96. The summed E-state index contributed by atoms with van der Waals surface area (Å²) in [6.45, 7) is 4.37. The maximum atomic E-state index is 12.6. The number of aromatic amines is 1. The number of furan rings is 1. The van der Waals surface area contributed by atoms with Crippen LogP contribution in [0.1, 0.15) is 33.7 Å². The lowest BCUT2D eigenvalue weighted by molar-refractivity contribution is 0.0773. The highest BCUT2D eigenvalue weighted by molar-refractivity contribution is 6.07. The monoisotopic (exact) mass is 376 g/mol. The van der Waals surface area contributed by atoms with Crippen molar-refractivity contribution >= 4 is 39.5 Å². The Morgan fingerprint density at radius 2 is 2.00 bits per heavy atom. The Kier molecular flexibility index (Phi) is 4.35. The fourth-order valence-corrected chi connectivity index (χ4v) is 3.04. The molecule has 0 aliphatic rings. The van der Waals surface area contributed by atoms with Crippen LogP contribution in [0.5, 0.6) is 0 Å². The number of carbonyl (C=O) groups excluding carboxylic acids is 2. The van der Waals surface area contributed by atoms with Crippen molar-refractivity contribution in [3.05, 3.63) is 59.6 Å². The Labute approximate surface area is 161 Å². The molecular weight excluding hydrogens is 356 g/mol. The van der Waals surface area contributed by atoms with Gasteiger partial charge in [0.05, 0.1) is 11.0 Å². The average Bonchev–Trinajstić information content (AvgIpc) is 3.27. The summed E-state index contributed by atoms with van der Waals surface area (Å²) in [5.41, 5.74) is 3.40. The van der Waals surface area contributed by atoms with E-state index in [1.54, 1.807) is 48.3 Å². The molecule has 0 bridgehead atoms. The summed E-state index contributed by atoms with van der Waals surface area (Å²) in [7, 11) is 1.72. The first-order valence-electron chi connectivity index (χ1n) is 9.01. The smallest absolute Gasteiger partial charge is 0.289 e. The van der Waals surface area contributed by atoms with Crippen LogP contribution in [0.4, 0.5) is 5.69 Å². The van der Waals surface area contributed by atoms with Crippen molar-refractivity contribution in [2.24, 2.45) is 0 Å². The van der Waals surface area contributed by atoms with Crippen molar-refractivity contribution in [1.82, 2.24) is 14.9 Å². The minimum Gasteiger partial charge on any atom is -0.451 e. The number of hydrogen-bond donors (Lipinski definition) is 2. The Balaban J connectivity index is 1.58. The Morgan fingerprint density at radius 3 is 2.79 bits per heavy atom. The molecule has 7 nitrogen and oxygen atoms in total. The molecule has 142 valence electrons. The molecule has 0 saturated heterocycles. The SMILES string of the molecule is CCN(C)C(=O)c1cc2cc(NC(=O)c3ccc4nc(C)[nH]c4c3)ccc2o1. The van der Waals surface area contributed by atoms with Gasteiger partial charge in [-0.3, -0.25) is 9.59 Å². The normalized spacial score (nSPS) is 11.1. The number of aryl methyl sites for hydroxylation is 1. The van der Waals surface area contributed by atoms with Crippen LogP contribution < -0.4 is 5.32 Å². The van der Waals surface area contributed by atoms with Gasteiger partial charge in [-0.2, -0.15) is 0 Å². The highest BCUT2D eigenvalue weighted by Crippen LogP contribution is 2.24. The molecule has 4 rings (SSSR count). The Hall–Kier alpha value is -3.61. The number of fused-ring (bicyclic) bond motifs is 2. The van der Waals surface area contributed by atoms with Crippen molar-refractivity contribution in [1.29, 1.82) is 0 Å². The van der Waals surface area contributed by atoms with Gasteiger partial charge in [0.15, 0.2) is 5.76 Å². The van der Waals surface area contributed by atoms with Gasteiger partial charge in [-0.1, -0.05) is 0 Å². The number of aromatic nitrogens is 2. The van der Waals surface area contributed by atoms with Crippen LogP contribution in [0.25, 0.3) is 22.0 Å². The van der Waals surface area contributed by atoms with E-state index in [0.717, 1.165) is 22.2 Å². The van der Waals surface area contributed by atoms with E-state index in [-0.39, 0.29) is 17.6 Å². The lowest BCUT2D eigenvalue weighted by atomic mass is 10.1. The number of hydrogen-bond acceptors (Lipinski definition) is 4. The third-order valence-corrected chi connectivity index (χ3v) is 4.67. The predicted molar refractivity (Wildman–Crippen MR) is 108 cm³/mol. The molecule has 0 spiro atoms. The molecule has 2 aromatic carbocycles. The molecular formula is C21H20N4O3. The van der Waals surface area contributed by atoms with Crippen molar-refractivity contribution < 1.29 is 14.0 Å². The molecule has 28 heavy (non-hydrogen) atoms. The minimum absolute atomic E-state index is 0.174. The Morgan fingerprint density at radius 1 is 1.18 bits per heavy atom. The van der Waals surface area contributed by atoms with E-state index in [4.69, 9.17) is 4.42 Å². The summed E-state index contributed by atoms with van der Waals surface area (Å²) in [5.74, 6) is 0.686. The summed E-state index contributed by atoms with van der Waals surface area (Å²) in [6.07, 6.45) is 0. The molecule has 4 aromatic rings. The summed E-state index contributed by atoms with van der Waals surface area (Å²) in [4.78, 5) is 33.9. The molecule has 0 atom stereocenters. The molecule has 2 heterocycles. The number of rotatable bonds is 4. The van der Waals surface area contributed by atoms with Gasteiger partial charge in [-0.25, -0.2) is 4.98 Å². The zero-order chi connectivity index (χ0) is 19.8. The highest BCUT2D eigenvalue weighted by atomic mass is 16.3. The van der Waals surface area contributed by atoms with E-state index < -0.39 is 0 Å². The Bertz CT molecular complexity index is 1210. The topological polar surface area (TPSA) is 91.2 Å². The molecule has 0 radical (unpaired) electrons. The van der Waals surface area contributed by atoms with E-state index >= 15 is 0 Å². The van der Waals surface area contributed by atoms with E-state index in [1.165, 1.54) is 0 Å². The zero-order valence-corrected chi connectivity index (χ0v) is 15.9. The first-order valence-corrected chi connectivity index (χ1v) is 9.01. The molecule has 7 heteroatoms. The van der Waals surface area contributed by atoms with Crippen LogP contribution in [-0.4, -0.2) is 40.3 Å². The first-order chi connectivity index (χ1) is 13.4. The van der Waals surface area contributed by atoms with Gasteiger partial charge in [-0.05, 0) is 56.3 Å². The van der Waals surface area contributed by atoms with Gasteiger partial charge in [0.2, 0.25) is 0 Å². The molecule has 0 unspecified atom stereocenters. The van der Waals surface area contributed by atoms with Crippen LogP contribution >= 0.6 is 0 Å². The van der Waals surface area contributed by atoms with Gasteiger partial charge in [-0.15, -0.1) is 0 Å². The maximum absolute atomic E-state index is 12.6. The van der Waals surface area contributed by atoms with Crippen molar-refractivity contribution in [2.45, 2.75) is 13.8 Å². The molecule has 2 N–H and O–H groups in total. The number of amides is 2. The second-order valence-corrected chi connectivity index (χ2v) is 6.69. The minimum atomic E-state index is -0.223. The lowest BCUT2D eigenvalue weighted by Crippen LogP contribution is -2.25. The number of anilines is 1. The van der Waals surface area contributed by atoms with Gasteiger partial charge in [0, 0.05) is 30.2 Å². The van der Waals surface area contributed by atoms with E-state index in [0.29, 0.717) is 23.4 Å². The fraction of sp³-hybridized carbons (Fsp3) is 0.190. The van der Waals surface area contributed by atoms with Crippen LogP contribution in [0.2, 0.25) is 0 Å². The van der Waals surface area contributed by atoms with Crippen LogP contribution in [0.15, 0.2) is 46.9 Å². The van der Waals surface area contributed by atoms with Crippen LogP contribution in [0.3, 0.4) is 0 Å². The maximum Gasteiger partial charge on any atom is 0.289 e. The zero-order valence-electron chi connectivity index (χ0n) is 15.9. The summed E-state index contributed by atoms with van der Waals surface area (Å²) < 4.78 is 5.63. The summed E-state index contributed by atoms with van der Waals surface area (Å²) >= 11 is 0. The van der Waals surface area contributed by atoms with Crippen molar-refractivity contribution in [3.8, 4) is 0 Å². The lowest BCUT2D eigenvalue weighted by Gasteiger charge is -2.11. The highest BCUT2D eigenvalue weighted by Gasteiger charge is 2.16. The molecule has 0 aliphatic carbocycles. The van der Waals surface area contributed by atoms with Gasteiger partial charge < -0.3 is 19.6 Å². The average molecular weight is 376 g/mol. The number of benzene rings is 2. The number of imidazole rings is 1. The molecule has 0 aliphatic heterocycles. The number of carbonyl (C=O) groups is 2. The quantitative estimate of drug-likeness (QED) is 0.564. The number of H-pyrrole nitrogens is 1. The molecule has 2 amide bonds. The number of nitrogens with zero attached hydrogens (tertiary/aromatic N) is 2. The summed E-state index contributed by atoms with van der Waals surface area (Å²) in [5, 5.41) is 3.64. The van der Waals surface area contributed by atoms with E-state index in [9.17, 15) is 9.59 Å². The molecule has 2 aromatic heterocycles. The first kappa shape index (κ1) is 17.8. The fourth-order valence-electron chi connectivity index (χ4n) is 3.04. The third kappa shape index (κ3) is 3.22.